The van der Waals surface area contributed by atoms with Crippen LogP contribution in [-0.4, -0.2) is 23.8 Å². The zero-order valence-electron chi connectivity index (χ0n) is 11.0. The van der Waals surface area contributed by atoms with Gasteiger partial charge in [-0.25, -0.2) is 0 Å². The maximum absolute atomic E-state index is 8.44. The van der Waals surface area contributed by atoms with Gasteiger partial charge in [0.1, 0.15) is 0 Å². The van der Waals surface area contributed by atoms with Gasteiger partial charge in [-0.2, -0.15) is 5.26 Å². The standard InChI is InChI=1S/C13H24N2O/c1-12(2)10-11(13(3,4)16-12)15-9-7-5-6-8-14/h11,15H,5-7,9-10H2,1-4H3. The number of hydrogen-bond acceptors (Lipinski definition) is 3. The summed E-state index contributed by atoms with van der Waals surface area (Å²) in [5.41, 5.74) is -0.105. The molecule has 1 aliphatic heterocycles. The summed E-state index contributed by atoms with van der Waals surface area (Å²) in [6, 6.07) is 2.59. The number of hydrogen-bond donors (Lipinski definition) is 1. The minimum atomic E-state index is -0.0846. The molecule has 0 aliphatic carbocycles. The second-order valence-corrected chi connectivity index (χ2v) is 5.79. The van der Waals surface area contributed by atoms with Crippen LogP contribution >= 0.6 is 0 Å². The van der Waals surface area contributed by atoms with Crippen molar-refractivity contribution in [1.82, 2.24) is 5.32 Å². The highest BCUT2D eigenvalue weighted by Gasteiger charge is 2.45. The minimum Gasteiger partial charge on any atom is -0.368 e. The molecular formula is C13H24N2O. The predicted octanol–water partition coefficient (Wildman–Crippen LogP) is 2.62. The van der Waals surface area contributed by atoms with Crippen LogP contribution < -0.4 is 5.32 Å². The Hall–Kier alpha value is -0.590. The van der Waals surface area contributed by atoms with Gasteiger partial charge in [-0.05, 0) is 53.5 Å². The molecule has 1 unspecified atom stereocenters. The second-order valence-electron chi connectivity index (χ2n) is 5.79. The molecule has 1 atom stereocenters. The van der Waals surface area contributed by atoms with E-state index in [1.165, 1.54) is 0 Å². The maximum atomic E-state index is 8.44. The zero-order valence-corrected chi connectivity index (χ0v) is 11.0. The van der Waals surface area contributed by atoms with Gasteiger partial charge < -0.3 is 10.1 Å². The molecule has 1 rings (SSSR count). The van der Waals surface area contributed by atoms with Gasteiger partial charge in [-0.1, -0.05) is 0 Å². The van der Waals surface area contributed by atoms with Crippen LogP contribution in [0.1, 0.15) is 53.4 Å². The highest BCUT2D eigenvalue weighted by Crippen LogP contribution is 2.37. The van der Waals surface area contributed by atoms with Gasteiger partial charge >= 0.3 is 0 Å². The Morgan fingerprint density at radius 3 is 2.50 bits per heavy atom. The van der Waals surface area contributed by atoms with Crippen molar-refractivity contribution in [1.29, 1.82) is 5.26 Å². The number of nitrogens with zero attached hydrogens (tertiary/aromatic N) is 1. The van der Waals surface area contributed by atoms with Crippen LogP contribution in [0.25, 0.3) is 0 Å². The third-order valence-corrected chi connectivity index (χ3v) is 3.18. The highest BCUT2D eigenvalue weighted by molar-refractivity contribution is 4.98. The molecule has 0 aromatic carbocycles. The summed E-state index contributed by atoms with van der Waals surface area (Å²) >= 11 is 0. The zero-order chi connectivity index (χ0) is 12.2. The van der Waals surface area contributed by atoms with Crippen molar-refractivity contribution in [2.24, 2.45) is 0 Å². The van der Waals surface area contributed by atoms with E-state index < -0.39 is 0 Å². The molecule has 0 aromatic rings. The van der Waals surface area contributed by atoms with Gasteiger partial charge in [0.05, 0.1) is 17.3 Å². The molecule has 3 nitrogen and oxygen atoms in total. The van der Waals surface area contributed by atoms with Crippen LogP contribution in [0, 0.1) is 11.3 Å². The van der Waals surface area contributed by atoms with E-state index in [9.17, 15) is 0 Å². The van der Waals surface area contributed by atoms with E-state index in [1.54, 1.807) is 0 Å². The smallest absolute Gasteiger partial charge is 0.0787 e. The lowest BCUT2D eigenvalue weighted by Crippen LogP contribution is -2.43. The van der Waals surface area contributed by atoms with Crippen LogP contribution in [0.4, 0.5) is 0 Å². The fourth-order valence-electron chi connectivity index (χ4n) is 2.49. The molecule has 0 bridgehead atoms. The Bertz CT molecular complexity index is 266. The number of ether oxygens (including phenoxy) is 1. The first-order valence-electron chi connectivity index (χ1n) is 6.18. The van der Waals surface area contributed by atoms with Gasteiger partial charge in [-0.15, -0.1) is 0 Å². The molecule has 0 radical (unpaired) electrons. The lowest BCUT2D eigenvalue weighted by molar-refractivity contribution is -0.0697. The Balaban J connectivity index is 2.29. The predicted molar refractivity (Wildman–Crippen MR) is 65.1 cm³/mol. The Morgan fingerprint density at radius 1 is 1.31 bits per heavy atom. The molecular weight excluding hydrogens is 200 g/mol. The molecule has 1 N–H and O–H groups in total. The first kappa shape index (κ1) is 13.5. The molecule has 16 heavy (non-hydrogen) atoms. The van der Waals surface area contributed by atoms with Crippen LogP contribution in [0.2, 0.25) is 0 Å². The van der Waals surface area contributed by atoms with Crippen molar-refractivity contribution in [2.45, 2.75) is 70.6 Å². The summed E-state index contributed by atoms with van der Waals surface area (Å²) in [4.78, 5) is 0. The fraction of sp³-hybridized carbons (Fsp3) is 0.923. The highest BCUT2D eigenvalue weighted by atomic mass is 16.5. The van der Waals surface area contributed by atoms with Crippen molar-refractivity contribution >= 4 is 0 Å². The normalized spacial score (nSPS) is 26.6. The Morgan fingerprint density at radius 2 is 2.00 bits per heavy atom. The van der Waals surface area contributed by atoms with Crippen LogP contribution in [0.3, 0.4) is 0 Å². The second kappa shape index (κ2) is 5.16. The summed E-state index contributed by atoms with van der Waals surface area (Å²) in [5.74, 6) is 0. The SMILES string of the molecule is CC1(C)CC(NCCCCC#N)C(C)(C)O1. The van der Waals surface area contributed by atoms with Gasteiger partial charge in [0.2, 0.25) is 0 Å². The van der Waals surface area contributed by atoms with Crippen molar-refractivity contribution < 1.29 is 4.74 Å². The van der Waals surface area contributed by atoms with Gasteiger partial charge in [0.15, 0.2) is 0 Å². The third-order valence-electron chi connectivity index (χ3n) is 3.18. The first-order valence-corrected chi connectivity index (χ1v) is 6.18. The number of unbranched alkanes of at least 4 members (excludes halogenated alkanes) is 2. The monoisotopic (exact) mass is 224 g/mol. The van der Waals surface area contributed by atoms with E-state index in [4.69, 9.17) is 10.00 Å². The van der Waals surface area contributed by atoms with Crippen molar-refractivity contribution in [3.8, 4) is 6.07 Å². The third kappa shape index (κ3) is 3.77. The van der Waals surface area contributed by atoms with E-state index in [1.807, 2.05) is 0 Å². The summed E-state index contributed by atoms with van der Waals surface area (Å²) in [6.07, 6.45) is 3.78. The minimum absolute atomic E-state index is 0.0200. The molecule has 1 aliphatic rings. The summed E-state index contributed by atoms with van der Waals surface area (Å²) in [7, 11) is 0. The molecule has 92 valence electrons. The first-order chi connectivity index (χ1) is 7.37. The molecule has 0 spiro atoms. The van der Waals surface area contributed by atoms with Gasteiger partial charge in [-0.3, -0.25) is 0 Å². The Kier molecular flexibility index (Phi) is 4.35. The molecule has 1 fully saturated rings. The lowest BCUT2D eigenvalue weighted by Gasteiger charge is -2.27. The van der Waals surface area contributed by atoms with E-state index in [-0.39, 0.29) is 11.2 Å². The van der Waals surface area contributed by atoms with Crippen LogP contribution in [0.5, 0.6) is 0 Å². The van der Waals surface area contributed by atoms with E-state index in [2.05, 4.69) is 39.1 Å². The molecule has 1 heterocycles. The lowest BCUT2D eigenvalue weighted by atomic mass is 9.94. The largest absolute Gasteiger partial charge is 0.368 e. The van der Waals surface area contributed by atoms with E-state index in [0.717, 1.165) is 25.8 Å². The van der Waals surface area contributed by atoms with Crippen LogP contribution in [0.15, 0.2) is 0 Å². The van der Waals surface area contributed by atoms with Crippen LogP contribution in [-0.2, 0) is 4.74 Å². The molecule has 1 saturated heterocycles. The molecule has 0 aromatic heterocycles. The fourth-order valence-corrected chi connectivity index (χ4v) is 2.49. The average Bonchev–Trinajstić information content (AvgIpc) is 2.34. The van der Waals surface area contributed by atoms with Crippen molar-refractivity contribution in [2.75, 3.05) is 6.54 Å². The maximum Gasteiger partial charge on any atom is 0.0787 e. The summed E-state index contributed by atoms with van der Waals surface area (Å²) < 4.78 is 6.01. The Labute approximate surface area is 99.2 Å². The number of nitrogens with one attached hydrogen (secondary N) is 1. The molecule has 0 saturated carbocycles. The van der Waals surface area contributed by atoms with Crippen molar-refractivity contribution in [3.05, 3.63) is 0 Å². The van der Waals surface area contributed by atoms with Crippen molar-refractivity contribution in [3.63, 3.8) is 0 Å². The quantitative estimate of drug-likeness (QED) is 0.730. The van der Waals surface area contributed by atoms with E-state index >= 15 is 0 Å². The average molecular weight is 224 g/mol. The summed E-state index contributed by atoms with van der Waals surface area (Å²) in [5, 5.41) is 12.0. The van der Waals surface area contributed by atoms with Gasteiger partial charge in [0.25, 0.3) is 0 Å². The number of rotatable bonds is 5. The molecule has 3 heteroatoms. The topological polar surface area (TPSA) is 45.0 Å². The number of nitriles is 1. The van der Waals surface area contributed by atoms with E-state index in [0.29, 0.717) is 12.5 Å². The van der Waals surface area contributed by atoms with Gasteiger partial charge in [0, 0.05) is 12.5 Å². The summed E-state index contributed by atoms with van der Waals surface area (Å²) in [6.45, 7) is 9.57. The molecule has 0 amide bonds.